The van der Waals surface area contributed by atoms with Crippen LogP contribution in [0.25, 0.3) is 0 Å². The highest BCUT2D eigenvalue weighted by Gasteiger charge is 2.39. The van der Waals surface area contributed by atoms with Crippen LogP contribution in [0.4, 0.5) is 10.5 Å². The second kappa shape index (κ2) is 12.8. The number of urea groups is 1. The summed E-state index contributed by atoms with van der Waals surface area (Å²) in [4.78, 5) is 38.2. The number of nitrogens with one attached hydrogen (secondary N) is 3. The van der Waals surface area contributed by atoms with E-state index in [4.69, 9.17) is 4.74 Å². The van der Waals surface area contributed by atoms with Crippen LogP contribution in [-0.4, -0.2) is 72.4 Å². The Morgan fingerprint density at radius 2 is 1.66 bits per heavy atom. The quantitative estimate of drug-likeness (QED) is 0.312. The number of carbonyl (C=O) groups excluding carboxylic acids is 3. The number of aromatic hydroxyl groups is 1. The van der Waals surface area contributed by atoms with Crippen LogP contribution in [0.1, 0.15) is 54.9 Å². The number of carbonyl (C=O) groups is 3. The van der Waals surface area contributed by atoms with Gasteiger partial charge in [0.1, 0.15) is 11.8 Å². The van der Waals surface area contributed by atoms with Crippen LogP contribution in [0.3, 0.4) is 0 Å². The Labute approximate surface area is 224 Å². The summed E-state index contributed by atoms with van der Waals surface area (Å²) >= 11 is 0. The Morgan fingerprint density at radius 3 is 2.32 bits per heavy atom. The number of nitrogens with zero attached hydrogens (tertiary/aromatic N) is 1. The highest BCUT2D eigenvalue weighted by Crippen LogP contribution is 2.26. The first-order chi connectivity index (χ1) is 18.4. The number of anilines is 1. The van der Waals surface area contributed by atoms with Crippen molar-refractivity contribution in [2.24, 2.45) is 0 Å². The van der Waals surface area contributed by atoms with Gasteiger partial charge in [-0.3, -0.25) is 4.79 Å². The lowest BCUT2D eigenvalue weighted by Crippen LogP contribution is -2.54. The van der Waals surface area contributed by atoms with E-state index in [1.54, 1.807) is 55.5 Å². The van der Waals surface area contributed by atoms with Crippen LogP contribution >= 0.6 is 0 Å². The van der Waals surface area contributed by atoms with E-state index in [1.807, 2.05) is 0 Å². The minimum absolute atomic E-state index is 0.0863. The molecule has 2 aromatic rings. The van der Waals surface area contributed by atoms with Crippen LogP contribution in [-0.2, 0) is 16.0 Å². The van der Waals surface area contributed by atoms with Crippen LogP contribution in [0.5, 0.6) is 5.75 Å². The predicted octanol–water partition coefficient (Wildman–Crippen LogP) is 3.58. The molecule has 2 fully saturated rings. The molecule has 1 spiro atoms. The summed E-state index contributed by atoms with van der Waals surface area (Å²) in [5.74, 6) is -0.500. The zero-order valence-electron chi connectivity index (χ0n) is 22.1. The fourth-order valence-corrected chi connectivity index (χ4v) is 5.57. The molecule has 4 N–H and O–H groups in total. The second-order valence-corrected chi connectivity index (χ2v) is 10.4. The van der Waals surface area contributed by atoms with Gasteiger partial charge in [0.2, 0.25) is 5.91 Å². The Kier molecular flexibility index (Phi) is 9.23. The lowest BCUT2D eigenvalue weighted by atomic mass is 10.0. The van der Waals surface area contributed by atoms with Gasteiger partial charge in [0.15, 0.2) is 0 Å². The van der Waals surface area contributed by atoms with Crippen LogP contribution in [0, 0.1) is 0 Å². The van der Waals surface area contributed by atoms with Crippen LogP contribution in [0.15, 0.2) is 48.5 Å². The molecule has 0 unspecified atom stereocenters. The molecule has 0 aromatic heterocycles. The van der Waals surface area contributed by atoms with Gasteiger partial charge in [-0.1, -0.05) is 12.1 Å². The van der Waals surface area contributed by atoms with Crippen molar-refractivity contribution in [3.05, 3.63) is 59.7 Å². The second-order valence-electron chi connectivity index (χ2n) is 10.4. The first kappa shape index (κ1) is 27.4. The number of hydrogen-bond donors (Lipinski definition) is 4. The van der Waals surface area contributed by atoms with Crippen molar-refractivity contribution in [2.75, 3.05) is 38.1 Å². The Hall–Kier alpha value is -3.59. The summed E-state index contributed by atoms with van der Waals surface area (Å²) in [6.45, 7) is 6.41. The molecule has 0 saturated carbocycles. The summed E-state index contributed by atoms with van der Waals surface area (Å²) in [7, 11) is 0. The SMILES string of the molecule is CCOC(=O)c1ccc(NC(=O)N[C@@H](Cc2ccc(O)cc2)C(=O)N[C@H]2CC[N+]3(CCCCCC3)C2)cc1. The Balaban J connectivity index is 1.39. The maximum absolute atomic E-state index is 13.4. The van der Waals surface area contributed by atoms with E-state index in [1.165, 1.54) is 38.8 Å². The summed E-state index contributed by atoms with van der Waals surface area (Å²) in [6, 6.07) is 11.8. The number of quaternary nitrogens is 1. The van der Waals surface area contributed by atoms with Gasteiger partial charge >= 0.3 is 12.0 Å². The summed E-state index contributed by atoms with van der Waals surface area (Å²) in [5.41, 5.74) is 1.70. The fourth-order valence-electron chi connectivity index (χ4n) is 5.57. The van der Waals surface area contributed by atoms with E-state index in [-0.39, 0.29) is 30.7 Å². The van der Waals surface area contributed by atoms with Crippen molar-refractivity contribution in [3.63, 3.8) is 0 Å². The number of amides is 3. The Morgan fingerprint density at radius 1 is 0.974 bits per heavy atom. The standard InChI is InChI=1S/C29H38N4O5/c1-2-38-28(36)22-9-11-23(12-10-22)31-29(37)32-26(19-21-7-13-25(34)14-8-21)27(35)30-24-15-18-33(20-24)16-5-3-4-6-17-33/h7-14,24,26H,2-6,15-20H2,1H3,(H3-,30,31,32,34,35,36,37)/p+1/t24-,26-/m0/s1. The normalized spacial score (nSPS) is 19.2. The molecule has 2 saturated heterocycles. The molecule has 38 heavy (non-hydrogen) atoms. The van der Waals surface area contributed by atoms with E-state index >= 15 is 0 Å². The minimum atomic E-state index is -0.795. The average Bonchev–Trinajstić information content (AvgIpc) is 3.14. The highest BCUT2D eigenvalue weighted by atomic mass is 16.5. The molecular formula is C29H39N4O5+. The third-order valence-corrected chi connectivity index (χ3v) is 7.57. The number of esters is 1. The number of benzene rings is 2. The topological polar surface area (TPSA) is 117 Å². The van der Waals surface area contributed by atoms with Gasteiger partial charge < -0.3 is 30.3 Å². The maximum Gasteiger partial charge on any atom is 0.338 e. The van der Waals surface area contributed by atoms with Crippen LogP contribution in [0.2, 0.25) is 0 Å². The van der Waals surface area contributed by atoms with Crippen LogP contribution < -0.4 is 16.0 Å². The maximum atomic E-state index is 13.4. The fraction of sp³-hybridized carbons (Fsp3) is 0.483. The molecule has 2 heterocycles. The zero-order chi connectivity index (χ0) is 27.0. The molecule has 204 valence electrons. The van der Waals surface area contributed by atoms with E-state index < -0.39 is 18.0 Å². The molecule has 0 aliphatic carbocycles. The van der Waals surface area contributed by atoms with Gasteiger partial charge in [-0.25, -0.2) is 9.59 Å². The van der Waals surface area contributed by atoms with Gasteiger partial charge in [0, 0.05) is 18.5 Å². The smallest absolute Gasteiger partial charge is 0.338 e. The van der Waals surface area contributed by atoms with Crippen molar-refractivity contribution < 1.29 is 28.7 Å². The zero-order valence-corrected chi connectivity index (χ0v) is 22.1. The molecule has 3 amide bonds. The monoisotopic (exact) mass is 523 g/mol. The minimum Gasteiger partial charge on any atom is -0.508 e. The number of rotatable bonds is 8. The number of hydrogen-bond acceptors (Lipinski definition) is 5. The number of phenols is 1. The molecule has 2 aliphatic rings. The first-order valence-corrected chi connectivity index (χ1v) is 13.6. The summed E-state index contributed by atoms with van der Waals surface area (Å²) < 4.78 is 6.08. The van der Waals surface area contributed by atoms with Crippen molar-refractivity contribution >= 4 is 23.6 Å². The summed E-state index contributed by atoms with van der Waals surface area (Å²) in [5, 5.41) is 18.4. The lowest BCUT2D eigenvalue weighted by molar-refractivity contribution is -0.916. The van der Waals surface area contributed by atoms with Gasteiger partial charge in [-0.15, -0.1) is 0 Å². The van der Waals surface area contributed by atoms with Gasteiger partial charge in [-0.05, 0) is 74.6 Å². The van der Waals surface area contributed by atoms with E-state index in [0.29, 0.717) is 11.3 Å². The highest BCUT2D eigenvalue weighted by molar-refractivity contribution is 5.95. The molecular weight excluding hydrogens is 484 g/mol. The molecule has 4 rings (SSSR count). The number of phenolic OH excluding ortho intramolecular Hbond substituents is 1. The van der Waals surface area contributed by atoms with Crippen molar-refractivity contribution in [3.8, 4) is 5.75 Å². The van der Waals surface area contributed by atoms with Gasteiger partial charge in [0.25, 0.3) is 0 Å². The molecule has 2 atom stereocenters. The van der Waals surface area contributed by atoms with E-state index in [0.717, 1.165) is 29.6 Å². The predicted molar refractivity (Wildman–Crippen MR) is 145 cm³/mol. The molecule has 9 nitrogen and oxygen atoms in total. The van der Waals surface area contributed by atoms with Gasteiger partial charge in [-0.2, -0.15) is 0 Å². The third kappa shape index (κ3) is 7.47. The Bertz CT molecular complexity index is 1090. The van der Waals surface area contributed by atoms with Crippen molar-refractivity contribution in [1.29, 1.82) is 0 Å². The molecule has 9 heteroatoms. The van der Waals surface area contributed by atoms with E-state index in [9.17, 15) is 19.5 Å². The largest absolute Gasteiger partial charge is 0.508 e. The molecule has 0 radical (unpaired) electrons. The average molecular weight is 524 g/mol. The lowest BCUT2D eigenvalue weighted by Gasteiger charge is -2.33. The molecule has 2 aromatic carbocycles. The first-order valence-electron chi connectivity index (χ1n) is 13.6. The molecule has 2 aliphatic heterocycles. The van der Waals surface area contributed by atoms with Crippen molar-refractivity contribution in [2.45, 2.75) is 57.5 Å². The van der Waals surface area contributed by atoms with Crippen molar-refractivity contribution in [1.82, 2.24) is 10.6 Å². The van der Waals surface area contributed by atoms with E-state index in [2.05, 4.69) is 16.0 Å². The third-order valence-electron chi connectivity index (χ3n) is 7.57. The van der Waals surface area contributed by atoms with Gasteiger partial charge in [0.05, 0.1) is 44.4 Å². The summed E-state index contributed by atoms with van der Waals surface area (Å²) in [6.07, 6.45) is 6.29. The number of ether oxygens (including phenoxy) is 1. The molecule has 0 bridgehead atoms.